The second kappa shape index (κ2) is 6.13. The number of hydrogen-bond acceptors (Lipinski definition) is 1. The maximum atomic E-state index is 2.36. The first-order valence-corrected chi connectivity index (χ1v) is 6.60. The first-order chi connectivity index (χ1) is 6.77. The summed E-state index contributed by atoms with van der Waals surface area (Å²) in [6.45, 7) is 6.76. The number of hydrogen-bond donors (Lipinski definition) is 0. The molecule has 0 fully saturated rings. The summed E-state index contributed by atoms with van der Waals surface area (Å²) in [5.74, 6) is 3.05. The third-order valence-electron chi connectivity index (χ3n) is 2.61. The van der Waals surface area contributed by atoms with Crippen LogP contribution in [0.4, 0.5) is 0 Å². The van der Waals surface area contributed by atoms with Gasteiger partial charge in [-0.15, -0.1) is 0 Å². The molecule has 78 valence electrons. The molecule has 0 saturated carbocycles. The van der Waals surface area contributed by atoms with Crippen molar-refractivity contribution in [3.63, 3.8) is 0 Å². The molecular weight excluding hydrogens is 188 g/mol. The molecular formula is C13H20S. The van der Waals surface area contributed by atoms with Crippen molar-refractivity contribution in [1.82, 2.24) is 0 Å². The topological polar surface area (TPSA) is 0 Å². The molecule has 1 heteroatoms. The Labute approximate surface area is 92.1 Å². The van der Waals surface area contributed by atoms with Crippen LogP contribution in [0.1, 0.15) is 44.2 Å². The van der Waals surface area contributed by atoms with Crippen molar-refractivity contribution in [2.24, 2.45) is 0 Å². The van der Waals surface area contributed by atoms with Gasteiger partial charge in [-0.05, 0) is 29.2 Å². The number of benzene rings is 1. The van der Waals surface area contributed by atoms with Crippen LogP contribution in [0.2, 0.25) is 0 Å². The summed E-state index contributed by atoms with van der Waals surface area (Å²) >= 11 is 1.99. The highest BCUT2D eigenvalue weighted by molar-refractivity contribution is 7.98. The van der Waals surface area contributed by atoms with Crippen LogP contribution in [-0.4, -0.2) is 5.75 Å². The van der Waals surface area contributed by atoms with Crippen molar-refractivity contribution in [2.75, 3.05) is 5.75 Å². The zero-order valence-corrected chi connectivity index (χ0v) is 10.2. The molecule has 0 saturated heterocycles. The molecule has 0 nitrogen and oxygen atoms in total. The molecule has 0 spiro atoms. The Kier molecular flexibility index (Phi) is 5.10. The predicted octanol–water partition coefficient (Wildman–Crippen LogP) is 4.45. The van der Waals surface area contributed by atoms with Crippen molar-refractivity contribution in [3.8, 4) is 0 Å². The fourth-order valence-corrected chi connectivity index (χ4v) is 2.06. The van der Waals surface area contributed by atoms with E-state index in [1.807, 2.05) is 11.8 Å². The summed E-state index contributed by atoms with van der Waals surface area (Å²) in [5, 5.41) is 0. The third kappa shape index (κ3) is 3.38. The van der Waals surface area contributed by atoms with Crippen LogP contribution in [-0.2, 0) is 5.75 Å². The molecule has 0 aliphatic rings. The molecule has 0 bridgehead atoms. The molecule has 0 amide bonds. The first-order valence-electron chi connectivity index (χ1n) is 5.44. The van der Waals surface area contributed by atoms with Crippen molar-refractivity contribution in [1.29, 1.82) is 0 Å². The normalized spacial score (nSPS) is 12.8. The molecule has 1 aromatic carbocycles. The van der Waals surface area contributed by atoms with Gasteiger partial charge in [0.05, 0.1) is 0 Å². The summed E-state index contributed by atoms with van der Waals surface area (Å²) in [4.78, 5) is 0. The van der Waals surface area contributed by atoms with Gasteiger partial charge in [0.15, 0.2) is 0 Å². The van der Waals surface area contributed by atoms with E-state index in [0.717, 1.165) is 5.75 Å². The number of thioether (sulfide) groups is 1. The largest absolute Gasteiger partial charge is 0.157 e. The second-order valence-electron chi connectivity index (χ2n) is 3.69. The summed E-state index contributed by atoms with van der Waals surface area (Å²) in [6, 6.07) is 9.02. The maximum Gasteiger partial charge on any atom is 0.0184 e. The van der Waals surface area contributed by atoms with E-state index in [-0.39, 0.29) is 0 Å². The molecule has 14 heavy (non-hydrogen) atoms. The van der Waals surface area contributed by atoms with E-state index in [2.05, 4.69) is 45.0 Å². The van der Waals surface area contributed by atoms with Crippen LogP contribution in [0.25, 0.3) is 0 Å². The lowest BCUT2D eigenvalue weighted by molar-refractivity contribution is 0.733. The second-order valence-corrected chi connectivity index (χ2v) is 4.97. The lowest BCUT2D eigenvalue weighted by atomic mass is 9.97. The fourth-order valence-electron chi connectivity index (χ4n) is 1.45. The molecule has 1 atom stereocenters. The highest BCUT2D eigenvalue weighted by atomic mass is 32.2. The lowest BCUT2D eigenvalue weighted by Gasteiger charge is -2.10. The van der Waals surface area contributed by atoms with E-state index in [1.54, 1.807) is 0 Å². The van der Waals surface area contributed by atoms with Gasteiger partial charge >= 0.3 is 0 Å². The molecule has 0 aliphatic heterocycles. The standard InChI is InChI=1S/C13H20S/c1-4-11(3)13-8-6-7-12(9-13)10-14-5-2/h6-9,11H,4-5,10H2,1-3H3. The van der Waals surface area contributed by atoms with Gasteiger partial charge in [0.2, 0.25) is 0 Å². The predicted molar refractivity (Wildman–Crippen MR) is 67.0 cm³/mol. The quantitative estimate of drug-likeness (QED) is 0.688. The summed E-state index contributed by atoms with van der Waals surface area (Å²) in [5.41, 5.74) is 2.95. The SMILES string of the molecule is CCSCc1cccc(C(C)CC)c1. The maximum absolute atomic E-state index is 2.36. The number of rotatable bonds is 5. The van der Waals surface area contributed by atoms with E-state index in [9.17, 15) is 0 Å². The highest BCUT2D eigenvalue weighted by Crippen LogP contribution is 2.21. The summed E-state index contributed by atoms with van der Waals surface area (Å²) in [7, 11) is 0. The highest BCUT2D eigenvalue weighted by Gasteiger charge is 2.02. The van der Waals surface area contributed by atoms with Crippen LogP contribution < -0.4 is 0 Å². The van der Waals surface area contributed by atoms with E-state index >= 15 is 0 Å². The monoisotopic (exact) mass is 208 g/mol. The molecule has 1 aromatic rings. The van der Waals surface area contributed by atoms with E-state index in [1.165, 1.54) is 23.3 Å². The van der Waals surface area contributed by atoms with Crippen LogP contribution >= 0.6 is 11.8 Å². The van der Waals surface area contributed by atoms with Gasteiger partial charge in [-0.3, -0.25) is 0 Å². The zero-order valence-electron chi connectivity index (χ0n) is 9.42. The Morgan fingerprint density at radius 1 is 1.29 bits per heavy atom. The van der Waals surface area contributed by atoms with E-state index in [0.29, 0.717) is 5.92 Å². The Morgan fingerprint density at radius 3 is 2.71 bits per heavy atom. The Bertz CT molecular complexity index is 268. The van der Waals surface area contributed by atoms with Gasteiger partial charge in [-0.25, -0.2) is 0 Å². The molecule has 0 heterocycles. The van der Waals surface area contributed by atoms with Gasteiger partial charge in [-0.1, -0.05) is 45.0 Å². The molecule has 1 rings (SSSR count). The van der Waals surface area contributed by atoms with Crippen LogP contribution in [0.3, 0.4) is 0 Å². The first kappa shape index (κ1) is 11.6. The van der Waals surface area contributed by atoms with E-state index in [4.69, 9.17) is 0 Å². The van der Waals surface area contributed by atoms with Gasteiger partial charge in [0, 0.05) is 5.75 Å². The average molecular weight is 208 g/mol. The Hall–Kier alpha value is -0.430. The Balaban J connectivity index is 2.68. The van der Waals surface area contributed by atoms with Crippen LogP contribution in [0.15, 0.2) is 24.3 Å². The van der Waals surface area contributed by atoms with Gasteiger partial charge < -0.3 is 0 Å². The minimum absolute atomic E-state index is 0.696. The molecule has 0 radical (unpaired) electrons. The minimum Gasteiger partial charge on any atom is -0.157 e. The minimum atomic E-state index is 0.696. The van der Waals surface area contributed by atoms with Crippen molar-refractivity contribution in [2.45, 2.75) is 38.9 Å². The molecule has 0 N–H and O–H groups in total. The summed E-state index contributed by atoms with van der Waals surface area (Å²) < 4.78 is 0. The molecule has 0 aliphatic carbocycles. The van der Waals surface area contributed by atoms with Gasteiger partial charge in [-0.2, -0.15) is 11.8 Å². The summed E-state index contributed by atoms with van der Waals surface area (Å²) in [6.07, 6.45) is 1.23. The lowest BCUT2D eigenvalue weighted by Crippen LogP contribution is -1.92. The molecule has 1 unspecified atom stereocenters. The van der Waals surface area contributed by atoms with Crippen molar-refractivity contribution < 1.29 is 0 Å². The van der Waals surface area contributed by atoms with Crippen molar-refractivity contribution in [3.05, 3.63) is 35.4 Å². The van der Waals surface area contributed by atoms with Crippen LogP contribution in [0.5, 0.6) is 0 Å². The van der Waals surface area contributed by atoms with Crippen LogP contribution in [0, 0.1) is 0 Å². The fraction of sp³-hybridized carbons (Fsp3) is 0.538. The van der Waals surface area contributed by atoms with Crippen molar-refractivity contribution >= 4 is 11.8 Å². The van der Waals surface area contributed by atoms with Gasteiger partial charge in [0.25, 0.3) is 0 Å². The smallest absolute Gasteiger partial charge is 0.0184 e. The Morgan fingerprint density at radius 2 is 2.07 bits per heavy atom. The van der Waals surface area contributed by atoms with E-state index < -0.39 is 0 Å². The zero-order chi connectivity index (χ0) is 10.4. The average Bonchev–Trinajstić information content (AvgIpc) is 2.25. The third-order valence-corrected chi connectivity index (χ3v) is 3.55. The molecule has 0 aromatic heterocycles. The van der Waals surface area contributed by atoms with Gasteiger partial charge in [0.1, 0.15) is 0 Å².